The highest BCUT2D eigenvalue weighted by atomic mass is 79.9. The topological polar surface area (TPSA) is 66.5 Å². The molecule has 1 N–H and O–H groups in total. The molecule has 0 atom stereocenters. The van der Waals surface area contributed by atoms with Crippen molar-refractivity contribution in [3.05, 3.63) is 53.0 Å². The van der Waals surface area contributed by atoms with Gasteiger partial charge in [0.2, 0.25) is 15.9 Å². The van der Waals surface area contributed by atoms with Crippen molar-refractivity contribution in [1.29, 1.82) is 0 Å². The molecule has 2 aromatic rings. The summed E-state index contributed by atoms with van der Waals surface area (Å²) < 4.78 is 26.0. The van der Waals surface area contributed by atoms with Gasteiger partial charge in [0.25, 0.3) is 0 Å². The van der Waals surface area contributed by atoms with E-state index in [1.807, 2.05) is 24.5 Å². The van der Waals surface area contributed by atoms with Gasteiger partial charge in [0.1, 0.15) is 6.54 Å². The van der Waals surface area contributed by atoms with Crippen LogP contribution >= 0.6 is 27.7 Å². The molecule has 5 nitrogen and oxygen atoms in total. The predicted molar refractivity (Wildman–Crippen MR) is 103 cm³/mol. The molecule has 0 aliphatic rings. The van der Waals surface area contributed by atoms with Gasteiger partial charge in [0, 0.05) is 9.37 Å². The van der Waals surface area contributed by atoms with Gasteiger partial charge in [-0.15, -0.1) is 11.8 Å². The number of halogens is 1. The smallest absolute Gasteiger partial charge is 0.245 e. The van der Waals surface area contributed by atoms with Gasteiger partial charge >= 0.3 is 0 Å². The molecular formula is C16H17BrN2O3S2. The van der Waals surface area contributed by atoms with Crippen molar-refractivity contribution in [2.24, 2.45) is 0 Å². The van der Waals surface area contributed by atoms with Crippen molar-refractivity contribution >= 4 is 55.0 Å². The maximum Gasteiger partial charge on any atom is 0.245 e. The second-order valence-corrected chi connectivity index (χ2v) is 8.67. The van der Waals surface area contributed by atoms with E-state index in [1.54, 1.807) is 30.3 Å². The minimum atomic E-state index is -3.58. The van der Waals surface area contributed by atoms with Crippen LogP contribution in [0.15, 0.2) is 57.9 Å². The van der Waals surface area contributed by atoms with Gasteiger partial charge < -0.3 is 5.32 Å². The SMILES string of the molecule is CSc1ccccc1NC(=O)CN(c1ccc(Br)cc1)S(C)(=O)=O. The summed E-state index contributed by atoms with van der Waals surface area (Å²) in [5.41, 5.74) is 1.10. The van der Waals surface area contributed by atoms with Crippen molar-refractivity contribution in [3.63, 3.8) is 0 Å². The monoisotopic (exact) mass is 428 g/mol. The number of anilines is 2. The average molecular weight is 429 g/mol. The number of nitrogens with one attached hydrogen (secondary N) is 1. The first-order valence-electron chi connectivity index (χ1n) is 6.97. The van der Waals surface area contributed by atoms with Gasteiger partial charge in [-0.05, 0) is 42.7 Å². The third-order valence-corrected chi connectivity index (χ3v) is 5.65. The fourth-order valence-corrected chi connectivity index (χ4v) is 3.75. The molecule has 0 aliphatic heterocycles. The molecule has 2 rings (SSSR count). The normalized spacial score (nSPS) is 11.1. The third kappa shape index (κ3) is 4.99. The summed E-state index contributed by atoms with van der Waals surface area (Å²) in [7, 11) is -3.58. The van der Waals surface area contributed by atoms with Crippen LogP contribution in [0.3, 0.4) is 0 Å². The number of nitrogens with zero attached hydrogens (tertiary/aromatic N) is 1. The zero-order valence-corrected chi connectivity index (χ0v) is 16.4. The van der Waals surface area contributed by atoms with E-state index in [4.69, 9.17) is 0 Å². The average Bonchev–Trinajstić information content (AvgIpc) is 2.53. The number of hydrogen-bond donors (Lipinski definition) is 1. The summed E-state index contributed by atoms with van der Waals surface area (Å²) in [4.78, 5) is 13.3. The minimum Gasteiger partial charge on any atom is -0.323 e. The van der Waals surface area contributed by atoms with Crippen molar-refractivity contribution in [2.45, 2.75) is 4.90 Å². The van der Waals surface area contributed by atoms with Crippen LogP contribution in [0, 0.1) is 0 Å². The van der Waals surface area contributed by atoms with Crippen LogP contribution < -0.4 is 9.62 Å². The van der Waals surface area contributed by atoms with Crippen molar-refractivity contribution in [3.8, 4) is 0 Å². The lowest BCUT2D eigenvalue weighted by Gasteiger charge is -2.22. The predicted octanol–water partition coefficient (Wildman–Crippen LogP) is 3.58. The minimum absolute atomic E-state index is 0.289. The van der Waals surface area contributed by atoms with Crippen LogP contribution in [0.1, 0.15) is 0 Å². The molecule has 0 heterocycles. The van der Waals surface area contributed by atoms with Crippen LogP contribution in [0.25, 0.3) is 0 Å². The van der Waals surface area contributed by atoms with Gasteiger partial charge in [-0.25, -0.2) is 8.42 Å². The Labute approximate surface area is 154 Å². The molecule has 0 saturated heterocycles. The van der Waals surface area contributed by atoms with Gasteiger partial charge in [0.15, 0.2) is 0 Å². The maximum atomic E-state index is 12.3. The number of rotatable bonds is 6. The fourth-order valence-electron chi connectivity index (χ4n) is 2.08. The summed E-state index contributed by atoms with van der Waals surface area (Å²) >= 11 is 4.81. The highest BCUT2D eigenvalue weighted by molar-refractivity contribution is 9.10. The summed E-state index contributed by atoms with van der Waals surface area (Å²) in [5, 5.41) is 2.77. The number of carbonyl (C=O) groups excluding carboxylic acids is 1. The number of hydrogen-bond acceptors (Lipinski definition) is 4. The Hall–Kier alpha value is -1.51. The second kappa shape index (κ2) is 8.04. The van der Waals surface area contributed by atoms with E-state index in [1.165, 1.54) is 11.8 Å². The zero-order valence-electron chi connectivity index (χ0n) is 13.2. The molecule has 128 valence electrons. The fraction of sp³-hybridized carbons (Fsp3) is 0.188. The first kappa shape index (κ1) is 18.8. The van der Waals surface area contributed by atoms with E-state index in [0.29, 0.717) is 11.4 Å². The number of para-hydroxylation sites is 1. The highest BCUT2D eigenvalue weighted by Gasteiger charge is 2.21. The first-order chi connectivity index (χ1) is 11.3. The summed E-state index contributed by atoms with van der Waals surface area (Å²) in [6, 6.07) is 14.1. The summed E-state index contributed by atoms with van der Waals surface area (Å²) in [6.07, 6.45) is 2.99. The number of amides is 1. The van der Waals surface area contributed by atoms with E-state index < -0.39 is 15.9 Å². The molecule has 0 radical (unpaired) electrons. The molecule has 1 amide bonds. The highest BCUT2D eigenvalue weighted by Crippen LogP contribution is 2.25. The lowest BCUT2D eigenvalue weighted by atomic mass is 10.3. The second-order valence-electron chi connectivity index (χ2n) is 4.99. The van der Waals surface area contributed by atoms with E-state index in [2.05, 4.69) is 21.2 Å². The van der Waals surface area contributed by atoms with E-state index in [0.717, 1.165) is 19.9 Å². The third-order valence-electron chi connectivity index (χ3n) is 3.18. The molecule has 0 unspecified atom stereocenters. The van der Waals surface area contributed by atoms with Crippen LogP contribution in [0.5, 0.6) is 0 Å². The summed E-state index contributed by atoms with van der Waals surface area (Å²) in [6.45, 7) is -0.289. The molecule has 0 aliphatic carbocycles. The quantitative estimate of drug-likeness (QED) is 0.713. The number of carbonyl (C=O) groups is 1. The van der Waals surface area contributed by atoms with Crippen molar-refractivity contribution in [2.75, 3.05) is 28.7 Å². The lowest BCUT2D eigenvalue weighted by molar-refractivity contribution is -0.114. The molecular weight excluding hydrogens is 412 g/mol. The molecule has 0 fully saturated rings. The van der Waals surface area contributed by atoms with E-state index in [9.17, 15) is 13.2 Å². The molecule has 24 heavy (non-hydrogen) atoms. The molecule has 0 saturated carbocycles. The van der Waals surface area contributed by atoms with Crippen LogP contribution in [-0.4, -0.2) is 33.4 Å². The Morgan fingerprint density at radius 3 is 2.38 bits per heavy atom. The van der Waals surface area contributed by atoms with Gasteiger partial charge in [-0.2, -0.15) is 0 Å². The Morgan fingerprint density at radius 1 is 1.17 bits per heavy atom. The Bertz CT molecular complexity index is 823. The molecule has 0 bridgehead atoms. The lowest BCUT2D eigenvalue weighted by Crippen LogP contribution is -2.37. The van der Waals surface area contributed by atoms with Crippen molar-refractivity contribution in [1.82, 2.24) is 0 Å². The standard InChI is InChI=1S/C16H17BrN2O3S2/c1-23-15-6-4-3-5-14(15)18-16(20)11-19(24(2,21)22)13-9-7-12(17)8-10-13/h3-10H,11H2,1-2H3,(H,18,20). The molecule has 0 spiro atoms. The maximum absolute atomic E-state index is 12.3. The Morgan fingerprint density at radius 2 is 1.79 bits per heavy atom. The largest absolute Gasteiger partial charge is 0.323 e. The molecule has 0 aromatic heterocycles. The Kier molecular flexibility index (Phi) is 6.31. The van der Waals surface area contributed by atoms with E-state index in [-0.39, 0.29) is 6.54 Å². The zero-order chi connectivity index (χ0) is 17.7. The van der Waals surface area contributed by atoms with Crippen LogP contribution in [-0.2, 0) is 14.8 Å². The van der Waals surface area contributed by atoms with Gasteiger partial charge in [0.05, 0.1) is 17.6 Å². The summed E-state index contributed by atoms with van der Waals surface area (Å²) in [5.74, 6) is -0.398. The van der Waals surface area contributed by atoms with Gasteiger partial charge in [-0.1, -0.05) is 28.1 Å². The van der Waals surface area contributed by atoms with Crippen molar-refractivity contribution < 1.29 is 13.2 Å². The number of sulfonamides is 1. The van der Waals surface area contributed by atoms with Gasteiger partial charge in [-0.3, -0.25) is 9.10 Å². The van der Waals surface area contributed by atoms with Crippen LogP contribution in [0.2, 0.25) is 0 Å². The molecule has 8 heteroatoms. The first-order valence-corrected chi connectivity index (χ1v) is 10.8. The van der Waals surface area contributed by atoms with E-state index >= 15 is 0 Å². The molecule has 2 aromatic carbocycles. The number of benzene rings is 2. The Balaban J connectivity index is 2.21. The van der Waals surface area contributed by atoms with Crippen LogP contribution in [0.4, 0.5) is 11.4 Å². The number of thioether (sulfide) groups is 1.